The van der Waals surface area contributed by atoms with E-state index in [2.05, 4.69) is 63.4 Å². The molecule has 0 aliphatic rings. The first-order valence-electron chi connectivity index (χ1n) is 9.17. The minimum Gasteiger partial charge on any atom is -0.352 e. The van der Waals surface area contributed by atoms with Gasteiger partial charge in [-0.05, 0) is 23.6 Å². The molecule has 28 heavy (non-hydrogen) atoms. The number of benzene rings is 2. The SMILES string of the molecule is Cc1nccn1Cc1cccc(CN=C(NCc2ccccc2)N(C)C)c1.I. The summed E-state index contributed by atoms with van der Waals surface area (Å²) in [6.45, 7) is 4.26. The van der Waals surface area contributed by atoms with Gasteiger partial charge in [0.25, 0.3) is 0 Å². The molecule has 148 valence electrons. The number of halogens is 1. The van der Waals surface area contributed by atoms with Crippen LogP contribution in [-0.2, 0) is 19.6 Å². The highest BCUT2D eigenvalue weighted by atomic mass is 127. The summed E-state index contributed by atoms with van der Waals surface area (Å²) in [6, 6.07) is 18.9. The Morgan fingerprint density at radius 2 is 1.75 bits per heavy atom. The minimum atomic E-state index is 0. The molecule has 0 aliphatic heterocycles. The number of imidazole rings is 1. The van der Waals surface area contributed by atoms with Crippen LogP contribution in [0.5, 0.6) is 0 Å². The molecule has 1 N–H and O–H groups in total. The summed E-state index contributed by atoms with van der Waals surface area (Å²) in [5, 5.41) is 3.43. The van der Waals surface area contributed by atoms with Crippen LogP contribution >= 0.6 is 24.0 Å². The van der Waals surface area contributed by atoms with E-state index in [9.17, 15) is 0 Å². The number of aryl methyl sites for hydroxylation is 1. The molecule has 2 aromatic carbocycles. The molecule has 0 unspecified atom stereocenters. The maximum Gasteiger partial charge on any atom is 0.194 e. The van der Waals surface area contributed by atoms with Crippen molar-refractivity contribution < 1.29 is 0 Å². The first-order chi connectivity index (χ1) is 13.1. The molecular formula is C22H28IN5. The Kier molecular flexibility index (Phi) is 8.50. The van der Waals surface area contributed by atoms with Crippen molar-refractivity contribution in [1.82, 2.24) is 19.8 Å². The Hall–Kier alpha value is -2.35. The molecule has 1 aromatic heterocycles. The van der Waals surface area contributed by atoms with E-state index in [0.29, 0.717) is 6.54 Å². The summed E-state index contributed by atoms with van der Waals surface area (Å²) >= 11 is 0. The lowest BCUT2D eigenvalue weighted by Crippen LogP contribution is -2.36. The van der Waals surface area contributed by atoms with E-state index in [1.165, 1.54) is 16.7 Å². The zero-order valence-corrected chi connectivity index (χ0v) is 19.0. The van der Waals surface area contributed by atoms with Crippen molar-refractivity contribution in [3.05, 3.63) is 89.5 Å². The molecular weight excluding hydrogens is 461 g/mol. The number of hydrogen-bond donors (Lipinski definition) is 1. The molecule has 0 amide bonds. The van der Waals surface area contributed by atoms with Crippen LogP contribution in [-0.4, -0.2) is 34.5 Å². The van der Waals surface area contributed by atoms with Crippen molar-refractivity contribution in [2.45, 2.75) is 26.6 Å². The number of aliphatic imine (C=N–C) groups is 1. The molecule has 3 aromatic rings. The van der Waals surface area contributed by atoms with Crippen molar-refractivity contribution >= 4 is 29.9 Å². The van der Waals surface area contributed by atoms with E-state index in [0.717, 1.165) is 24.9 Å². The number of aromatic nitrogens is 2. The van der Waals surface area contributed by atoms with Crippen LogP contribution in [0.15, 0.2) is 72.0 Å². The van der Waals surface area contributed by atoms with E-state index in [4.69, 9.17) is 4.99 Å². The van der Waals surface area contributed by atoms with Gasteiger partial charge in [-0.15, -0.1) is 24.0 Å². The number of guanidine groups is 1. The van der Waals surface area contributed by atoms with Gasteiger partial charge in [-0.2, -0.15) is 0 Å². The molecule has 0 fully saturated rings. The van der Waals surface area contributed by atoms with Crippen molar-refractivity contribution in [2.24, 2.45) is 4.99 Å². The number of nitrogens with zero attached hydrogens (tertiary/aromatic N) is 4. The maximum absolute atomic E-state index is 4.78. The topological polar surface area (TPSA) is 45.5 Å². The average Bonchev–Trinajstić information content (AvgIpc) is 3.07. The van der Waals surface area contributed by atoms with Crippen LogP contribution in [0.25, 0.3) is 0 Å². The van der Waals surface area contributed by atoms with Gasteiger partial charge in [-0.25, -0.2) is 9.98 Å². The standard InChI is InChI=1S/C22H27N5.HI/c1-18-23-12-13-27(18)17-21-11-7-10-20(14-21)16-25-22(26(2)3)24-15-19-8-5-4-6-9-19;/h4-14H,15-17H2,1-3H3,(H,24,25);1H. The molecule has 0 radical (unpaired) electrons. The fourth-order valence-electron chi connectivity index (χ4n) is 2.89. The van der Waals surface area contributed by atoms with Gasteiger partial charge < -0.3 is 14.8 Å². The van der Waals surface area contributed by atoms with Gasteiger partial charge in [0.15, 0.2) is 5.96 Å². The van der Waals surface area contributed by atoms with Crippen LogP contribution in [0, 0.1) is 6.92 Å². The second kappa shape index (κ2) is 10.8. The van der Waals surface area contributed by atoms with Crippen LogP contribution in [0.1, 0.15) is 22.5 Å². The van der Waals surface area contributed by atoms with Crippen LogP contribution in [0.4, 0.5) is 0 Å². The second-order valence-electron chi connectivity index (χ2n) is 6.80. The first kappa shape index (κ1) is 21.9. The number of nitrogens with one attached hydrogen (secondary N) is 1. The third-order valence-electron chi connectivity index (χ3n) is 4.40. The van der Waals surface area contributed by atoms with Crippen molar-refractivity contribution in [2.75, 3.05) is 14.1 Å². The lowest BCUT2D eigenvalue weighted by Gasteiger charge is -2.18. The van der Waals surface area contributed by atoms with Gasteiger partial charge in [-0.3, -0.25) is 0 Å². The molecule has 0 saturated carbocycles. The molecule has 0 atom stereocenters. The third-order valence-corrected chi connectivity index (χ3v) is 4.40. The maximum atomic E-state index is 4.78. The van der Waals surface area contributed by atoms with Gasteiger partial charge in [0.05, 0.1) is 6.54 Å². The predicted octanol–water partition coefficient (Wildman–Crippen LogP) is 4.07. The Bertz CT molecular complexity index is 887. The van der Waals surface area contributed by atoms with E-state index in [1.807, 2.05) is 44.4 Å². The van der Waals surface area contributed by atoms with Crippen LogP contribution in [0.2, 0.25) is 0 Å². The quantitative estimate of drug-likeness (QED) is 0.323. The molecule has 3 rings (SSSR count). The summed E-state index contributed by atoms with van der Waals surface area (Å²) in [5.74, 6) is 1.91. The Morgan fingerprint density at radius 3 is 2.43 bits per heavy atom. The molecule has 0 bridgehead atoms. The highest BCUT2D eigenvalue weighted by molar-refractivity contribution is 14.0. The van der Waals surface area contributed by atoms with E-state index in [-0.39, 0.29) is 24.0 Å². The minimum absolute atomic E-state index is 0. The van der Waals surface area contributed by atoms with E-state index >= 15 is 0 Å². The Morgan fingerprint density at radius 1 is 1.04 bits per heavy atom. The number of hydrogen-bond acceptors (Lipinski definition) is 2. The average molecular weight is 489 g/mol. The summed E-state index contributed by atoms with van der Waals surface area (Å²) < 4.78 is 2.15. The Labute approximate surface area is 184 Å². The van der Waals surface area contributed by atoms with Crippen molar-refractivity contribution in [3.8, 4) is 0 Å². The lowest BCUT2D eigenvalue weighted by atomic mass is 10.1. The highest BCUT2D eigenvalue weighted by Crippen LogP contribution is 2.10. The fourth-order valence-corrected chi connectivity index (χ4v) is 2.89. The van der Waals surface area contributed by atoms with E-state index in [1.54, 1.807) is 0 Å². The van der Waals surface area contributed by atoms with E-state index < -0.39 is 0 Å². The fraction of sp³-hybridized carbons (Fsp3) is 0.273. The lowest BCUT2D eigenvalue weighted by molar-refractivity contribution is 0.578. The normalized spacial score (nSPS) is 11.0. The summed E-state index contributed by atoms with van der Waals surface area (Å²) in [5.41, 5.74) is 3.70. The van der Waals surface area contributed by atoms with Gasteiger partial charge in [0.2, 0.25) is 0 Å². The molecule has 0 spiro atoms. The van der Waals surface area contributed by atoms with Gasteiger partial charge in [0.1, 0.15) is 5.82 Å². The zero-order valence-electron chi connectivity index (χ0n) is 16.7. The molecule has 1 heterocycles. The van der Waals surface area contributed by atoms with Crippen molar-refractivity contribution in [3.63, 3.8) is 0 Å². The summed E-state index contributed by atoms with van der Waals surface area (Å²) in [4.78, 5) is 11.1. The summed E-state index contributed by atoms with van der Waals surface area (Å²) in [6.07, 6.45) is 3.85. The monoisotopic (exact) mass is 489 g/mol. The van der Waals surface area contributed by atoms with Gasteiger partial charge in [-0.1, -0.05) is 54.6 Å². The molecule has 0 saturated heterocycles. The zero-order chi connectivity index (χ0) is 19.1. The van der Waals surface area contributed by atoms with Gasteiger partial charge >= 0.3 is 0 Å². The Balaban J connectivity index is 0.00000280. The van der Waals surface area contributed by atoms with Crippen LogP contribution < -0.4 is 5.32 Å². The van der Waals surface area contributed by atoms with Crippen LogP contribution in [0.3, 0.4) is 0 Å². The largest absolute Gasteiger partial charge is 0.352 e. The van der Waals surface area contributed by atoms with Gasteiger partial charge in [0, 0.05) is 39.6 Å². The van der Waals surface area contributed by atoms with Crippen molar-refractivity contribution in [1.29, 1.82) is 0 Å². The second-order valence-corrected chi connectivity index (χ2v) is 6.80. The molecule has 0 aliphatic carbocycles. The highest BCUT2D eigenvalue weighted by Gasteiger charge is 2.03. The number of rotatable bonds is 6. The third kappa shape index (κ3) is 6.37. The predicted molar refractivity (Wildman–Crippen MR) is 126 cm³/mol. The first-order valence-corrected chi connectivity index (χ1v) is 9.17. The summed E-state index contributed by atoms with van der Waals surface area (Å²) in [7, 11) is 4.02. The molecule has 6 heteroatoms. The smallest absolute Gasteiger partial charge is 0.194 e. The molecule has 5 nitrogen and oxygen atoms in total.